The van der Waals surface area contributed by atoms with Crippen molar-refractivity contribution in [2.24, 2.45) is 0 Å². The lowest BCUT2D eigenvalue weighted by Gasteiger charge is -2.12. The van der Waals surface area contributed by atoms with Crippen LogP contribution < -0.4 is 0 Å². The number of aromatic nitrogens is 2. The van der Waals surface area contributed by atoms with Crippen molar-refractivity contribution >= 4 is 11.6 Å². The lowest BCUT2D eigenvalue weighted by atomic mass is 9.95. The molecule has 0 saturated heterocycles. The average Bonchev–Trinajstić information content (AvgIpc) is 2.65. The van der Waals surface area contributed by atoms with Gasteiger partial charge in [0.1, 0.15) is 11.0 Å². The molecule has 0 fully saturated rings. The normalized spacial score (nSPS) is 10.5. The predicted octanol–water partition coefficient (Wildman–Crippen LogP) is 5.52. The van der Waals surface area contributed by atoms with Crippen LogP contribution in [0.3, 0.4) is 0 Å². The van der Waals surface area contributed by atoms with Gasteiger partial charge in [0.05, 0.1) is 11.6 Å². The molecule has 0 atom stereocenters. The standard InChI is InChI=1S/C22H20ClN3/c1-3-7-21-20(22(23)26-15(2)25-21)13-16-10-11-19(18(12-16)14-24)17-8-5-4-6-9-17/h4-6,8-12H,3,7,13H2,1-2H3. The summed E-state index contributed by atoms with van der Waals surface area (Å²) in [6.07, 6.45) is 2.49. The molecule has 0 spiro atoms. The summed E-state index contributed by atoms with van der Waals surface area (Å²) < 4.78 is 0. The van der Waals surface area contributed by atoms with Crippen molar-refractivity contribution in [3.63, 3.8) is 0 Å². The molecule has 3 aromatic rings. The Bertz CT molecular complexity index is 959. The molecule has 0 radical (unpaired) electrons. The van der Waals surface area contributed by atoms with Crippen molar-refractivity contribution in [3.05, 3.63) is 81.9 Å². The molecular formula is C22H20ClN3. The van der Waals surface area contributed by atoms with Crippen LogP contribution in [-0.4, -0.2) is 9.97 Å². The van der Waals surface area contributed by atoms with E-state index >= 15 is 0 Å². The van der Waals surface area contributed by atoms with Crippen LogP contribution >= 0.6 is 11.6 Å². The van der Waals surface area contributed by atoms with E-state index in [1.807, 2.05) is 49.4 Å². The molecule has 0 unspecified atom stereocenters. The molecule has 4 heteroatoms. The molecule has 0 saturated carbocycles. The first kappa shape index (κ1) is 18.1. The fourth-order valence-corrected chi connectivity index (χ4v) is 3.40. The zero-order chi connectivity index (χ0) is 18.5. The highest BCUT2D eigenvalue weighted by Gasteiger charge is 2.13. The van der Waals surface area contributed by atoms with Crippen molar-refractivity contribution in [3.8, 4) is 17.2 Å². The van der Waals surface area contributed by atoms with Gasteiger partial charge in [-0.3, -0.25) is 0 Å². The first-order valence-electron chi connectivity index (χ1n) is 8.72. The minimum atomic E-state index is 0.506. The number of rotatable bonds is 5. The largest absolute Gasteiger partial charge is 0.238 e. The third-order valence-electron chi connectivity index (χ3n) is 4.31. The van der Waals surface area contributed by atoms with E-state index in [0.29, 0.717) is 23.0 Å². The van der Waals surface area contributed by atoms with E-state index in [2.05, 4.69) is 29.0 Å². The number of hydrogen-bond donors (Lipinski definition) is 0. The smallest absolute Gasteiger partial charge is 0.136 e. The van der Waals surface area contributed by atoms with Crippen LogP contribution in [0.2, 0.25) is 5.15 Å². The summed E-state index contributed by atoms with van der Waals surface area (Å²) in [5.41, 5.74) is 5.63. The second kappa shape index (κ2) is 8.12. The molecule has 0 N–H and O–H groups in total. The molecule has 1 heterocycles. The summed E-state index contributed by atoms with van der Waals surface area (Å²) in [7, 11) is 0. The molecule has 0 aliphatic heterocycles. The quantitative estimate of drug-likeness (QED) is 0.562. The number of halogens is 1. The van der Waals surface area contributed by atoms with Gasteiger partial charge >= 0.3 is 0 Å². The third-order valence-corrected chi connectivity index (χ3v) is 4.62. The van der Waals surface area contributed by atoms with Gasteiger partial charge in [-0.2, -0.15) is 5.26 Å². The van der Waals surface area contributed by atoms with E-state index in [0.717, 1.165) is 40.8 Å². The van der Waals surface area contributed by atoms with E-state index in [1.54, 1.807) is 0 Å². The fourth-order valence-electron chi connectivity index (χ4n) is 3.10. The van der Waals surface area contributed by atoms with E-state index in [9.17, 15) is 5.26 Å². The first-order chi connectivity index (χ1) is 12.6. The number of nitrogens with zero attached hydrogens (tertiary/aromatic N) is 3. The maximum absolute atomic E-state index is 9.60. The van der Waals surface area contributed by atoms with Crippen LogP contribution in [-0.2, 0) is 12.8 Å². The molecule has 0 amide bonds. The van der Waals surface area contributed by atoms with Crippen LogP contribution in [0.25, 0.3) is 11.1 Å². The Morgan fingerprint density at radius 1 is 1.08 bits per heavy atom. The summed E-state index contributed by atoms with van der Waals surface area (Å²) in [5.74, 6) is 0.694. The van der Waals surface area contributed by atoms with Crippen LogP contribution in [0.1, 0.15) is 41.6 Å². The second-order valence-corrected chi connectivity index (χ2v) is 6.63. The Labute approximate surface area is 159 Å². The van der Waals surface area contributed by atoms with Gasteiger partial charge in [-0.1, -0.05) is 67.4 Å². The Kier molecular flexibility index (Phi) is 5.65. The third kappa shape index (κ3) is 3.92. The summed E-state index contributed by atoms with van der Waals surface area (Å²) in [4.78, 5) is 8.88. The van der Waals surface area contributed by atoms with Gasteiger partial charge in [-0.15, -0.1) is 0 Å². The van der Waals surface area contributed by atoms with Gasteiger partial charge in [-0.25, -0.2) is 9.97 Å². The number of aryl methyl sites for hydroxylation is 2. The van der Waals surface area contributed by atoms with Crippen LogP contribution in [0, 0.1) is 18.3 Å². The van der Waals surface area contributed by atoms with Gasteiger partial charge in [-0.05, 0) is 36.1 Å². The summed E-state index contributed by atoms with van der Waals surface area (Å²) in [6, 6.07) is 18.3. The lowest BCUT2D eigenvalue weighted by molar-refractivity contribution is 0.832. The monoisotopic (exact) mass is 361 g/mol. The van der Waals surface area contributed by atoms with Gasteiger partial charge in [0.15, 0.2) is 0 Å². The Morgan fingerprint density at radius 2 is 1.85 bits per heavy atom. The Balaban J connectivity index is 1.99. The minimum Gasteiger partial charge on any atom is -0.238 e. The Morgan fingerprint density at radius 3 is 2.54 bits per heavy atom. The molecule has 2 aromatic carbocycles. The summed E-state index contributed by atoms with van der Waals surface area (Å²) in [6.45, 7) is 3.98. The van der Waals surface area contributed by atoms with Gasteiger partial charge < -0.3 is 0 Å². The average molecular weight is 362 g/mol. The van der Waals surface area contributed by atoms with Crippen molar-refractivity contribution in [1.29, 1.82) is 5.26 Å². The molecule has 0 aliphatic carbocycles. The SMILES string of the molecule is CCCc1nc(C)nc(Cl)c1Cc1ccc(-c2ccccc2)c(C#N)c1. The van der Waals surface area contributed by atoms with Gasteiger partial charge in [0.2, 0.25) is 0 Å². The molecule has 3 nitrogen and oxygen atoms in total. The van der Waals surface area contributed by atoms with Crippen molar-refractivity contribution in [2.45, 2.75) is 33.1 Å². The van der Waals surface area contributed by atoms with E-state index in [-0.39, 0.29) is 0 Å². The molecule has 0 bridgehead atoms. The molecule has 3 rings (SSSR count). The van der Waals surface area contributed by atoms with Crippen molar-refractivity contribution in [2.75, 3.05) is 0 Å². The topological polar surface area (TPSA) is 49.6 Å². The number of nitriles is 1. The number of benzene rings is 2. The van der Waals surface area contributed by atoms with Crippen LogP contribution in [0.15, 0.2) is 48.5 Å². The van der Waals surface area contributed by atoms with Crippen LogP contribution in [0.4, 0.5) is 0 Å². The van der Waals surface area contributed by atoms with Crippen molar-refractivity contribution < 1.29 is 0 Å². The summed E-state index contributed by atoms with van der Waals surface area (Å²) in [5, 5.41) is 10.1. The maximum atomic E-state index is 9.60. The lowest BCUT2D eigenvalue weighted by Crippen LogP contribution is -2.05. The fraction of sp³-hybridized carbons (Fsp3) is 0.227. The molecule has 26 heavy (non-hydrogen) atoms. The van der Waals surface area contributed by atoms with E-state index in [4.69, 9.17) is 11.6 Å². The molecule has 1 aromatic heterocycles. The summed E-state index contributed by atoms with van der Waals surface area (Å²) >= 11 is 6.41. The highest BCUT2D eigenvalue weighted by molar-refractivity contribution is 6.30. The van der Waals surface area contributed by atoms with Gasteiger partial charge in [0, 0.05) is 17.7 Å². The molecular weight excluding hydrogens is 342 g/mol. The van der Waals surface area contributed by atoms with Crippen molar-refractivity contribution in [1.82, 2.24) is 9.97 Å². The molecule has 0 aliphatic rings. The van der Waals surface area contributed by atoms with Gasteiger partial charge in [0.25, 0.3) is 0 Å². The zero-order valence-corrected chi connectivity index (χ0v) is 15.7. The minimum absolute atomic E-state index is 0.506. The van der Waals surface area contributed by atoms with E-state index < -0.39 is 0 Å². The first-order valence-corrected chi connectivity index (χ1v) is 9.10. The van der Waals surface area contributed by atoms with Crippen LogP contribution in [0.5, 0.6) is 0 Å². The zero-order valence-electron chi connectivity index (χ0n) is 15.0. The predicted molar refractivity (Wildman–Crippen MR) is 105 cm³/mol. The maximum Gasteiger partial charge on any atom is 0.136 e. The Hall–Kier alpha value is -2.70. The highest BCUT2D eigenvalue weighted by atomic mass is 35.5. The highest BCUT2D eigenvalue weighted by Crippen LogP contribution is 2.27. The van der Waals surface area contributed by atoms with E-state index in [1.165, 1.54) is 0 Å². The number of hydrogen-bond acceptors (Lipinski definition) is 3. The molecule has 130 valence electrons. The second-order valence-electron chi connectivity index (χ2n) is 6.27.